The lowest BCUT2D eigenvalue weighted by Gasteiger charge is -2.28. The third-order valence-corrected chi connectivity index (χ3v) is 5.84. The topological polar surface area (TPSA) is 89.5 Å². The van der Waals surface area contributed by atoms with E-state index >= 15 is 0 Å². The van der Waals surface area contributed by atoms with Crippen LogP contribution in [0.15, 0.2) is 11.2 Å². The maximum atomic E-state index is 12.9. The molecule has 0 aromatic carbocycles. The third kappa shape index (κ3) is 8.98. The van der Waals surface area contributed by atoms with Crippen molar-refractivity contribution >= 4 is 21.7 Å². The SMILES string of the molecule is CC(C)CCc1cc(N(CC(C)C)C(=O)OC(C)(C)C)nc(S(=O)(=O)CC(C)C)n1. The van der Waals surface area contributed by atoms with Crippen LogP contribution in [0.5, 0.6) is 0 Å². The number of nitrogens with zero attached hydrogens (tertiary/aromatic N) is 3. The van der Waals surface area contributed by atoms with E-state index in [1.54, 1.807) is 26.8 Å². The fourth-order valence-electron chi connectivity index (χ4n) is 2.76. The summed E-state index contributed by atoms with van der Waals surface area (Å²) in [5.41, 5.74) is -0.0554. The van der Waals surface area contributed by atoms with Crippen molar-refractivity contribution in [3.8, 4) is 0 Å². The van der Waals surface area contributed by atoms with Crippen molar-refractivity contribution in [1.82, 2.24) is 9.97 Å². The molecule has 7 nitrogen and oxygen atoms in total. The Kier molecular flexibility index (Phi) is 9.26. The van der Waals surface area contributed by atoms with Crippen molar-refractivity contribution in [2.24, 2.45) is 17.8 Å². The van der Waals surface area contributed by atoms with Crippen LogP contribution in [0.4, 0.5) is 10.6 Å². The quantitative estimate of drug-likeness (QED) is 0.507. The number of amides is 1. The molecule has 1 rings (SSSR count). The number of sulfone groups is 1. The highest BCUT2D eigenvalue weighted by Gasteiger charge is 2.28. The van der Waals surface area contributed by atoms with Gasteiger partial charge >= 0.3 is 6.09 Å². The summed E-state index contributed by atoms with van der Waals surface area (Å²) in [4.78, 5) is 23.0. The van der Waals surface area contributed by atoms with Crippen LogP contribution in [0.2, 0.25) is 0 Å². The second kappa shape index (κ2) is 10.6. The molecule has 0 unspecified atom stereocenters. The lowest BCUT2D eigenvalue weighted by molar-refractivity contribution is 0.0574. The number of ether oxygens (including phenoxy) is 1. The van der Waals surface area contributed by atoms with Gasteiger partial charge in [0.05, 0.1) is 5.75 Å². The van der Waals surface area contributed by atoms with Crippen LogP contribution in [0, 0.1) is 17.8 Å². The average molecular weight is 442 g/mol. The van der Waals surface area contributed by atoms with E-state index in [-0.39, 0.29) is 28.6 Å². The van der Waals surface area contributed by atoms with Crippen molar-refractivity contribution < 1.29 is 17.9 Å². The molecule has 0 bridgehead atoms. The molecule has 0 saturated heterocycles. The first-order valence-electron chi connectivity index (χ1n) is 10.7. The molecule has 1 aromatic heterocycles. The molecule has 0 aliphatic heterocycles. The van der Waals surface area contributed by atoms with Gasteiger partial charge in [-0.05, 0) is 51.4 Å². The molecule has 1 aromatic rings. The molecule has 172 valence electrons. The van der Waals surface area contributed by atoms with Gasteiger partial charge in [-0.3, -0.25) is 4.90 Å². The molecule has 30 heavy (non-hydrogen) atoms. The molecule has 0 aliphatic carbocycles. The van der Waals surface area contributed by atoms with Crippen molar-refractivity contribution in [1.29, 1.82) is 0 Å². The van der Waals surface area contributed by atoms with Gasteiger partial charge in [-0.15, -0.1) is 0 Å². The molecule has 0 fully saturated rings. The fraction of sp³-hybridized carbons (Fsp3) is 0.773. The number of aryl methyl sites for hydroxylation is 1. The van der Waals surface area contributed by atoms with Gasteiger partial charge in [0.1, 0.15) is 11.4 Å². The Morgan fingerprint density at radius 2 is 1.63 bits per heavy atom. The summed E-state index contributed by atoms with van der Waals surface area (Å²) in [6.07, 6.45) is 0.926. The van der Waals surface area contributed by atoms with Crippen LogP contribution in [-0.4, -0.2) is 42.4 Å². The third-order valence-electron chi connectivity index (χ3n) is 3.99. The lowest BCUT2D eigenvalue weighted by atomic mass is 10.1. The molecule has 1 amide bonds. The fourth-order valence-corrected chi connectivity index (χ4v) is 4.27. The van der Waals surface area contributed by atoms with E-state index in [1.165, 1.54) is 4.90 Å². The zero-order valence-electron chi connectivity index (χ0n) is 20.0. The number of hydrogen-bond acceptors (Lipinski definition) is 6. The van der Waals surface area contributed by atoms with Gasteiger partial charge in [0.15, 0.2) is 0 Å². The molecule has 8 heteroatoms. The van der Waals surface area contributed by atoms with Gasteiger partial charge in [-0.2, -0.15) is 0 Å². The first-order valence-corrected chi connectivity index (χ1v) is 12.4. The Morgan fingerprint density at radius 3 is 2.10 bits per heavy atom. The average Bonchev–Trinajstić information content (AvgIpc) is 2.54. The van der Waals surface area contributed by atoms with E-state index in [4.69, 9.17) is 4.74 Å². The number of carbonyl (C=O) groups is 1. The number of rotatable bonds is 9. The molecule has 1 heterocycles. The summed E-state index contributed by atoms with van der Waals surface area (Å²) in [5.74, 6) is 0.753. The normalized spacial score (nSPS) is 12.7. The predicted octanol–water partition coefficient (Wildman–Crippen LogP) is 4.89. The van der Waals surface area contributed by atoms with E-state index in [0.717, 1.165) is 6.42 Å². The molecular formula is C22H39N3O4S. The zero-order valence-corrected chi connectivity index (χ0v) is 20.8. The summed E-state index contributed by atoms with van der Waals surface area (Å²) in [7, 11) is -3.67. The monoisotopic (exact) mass is 441 g/mol. The number of anilines is 1. The second-order valence-corrected chi connectivity index (χ2v) is 12.0. The summed E-state index contributed by atoms with van der Waals surface area (Å²) in [6.45, 7) is 17.6. The summed E-state index contributed by atoms with van der Waals surface area (Å²) < 4.78 is 31.3. The highest BCUT2D eigenvalue weighted by Crippen LogP contribution is 2.22. The number of aromatic nitrogens is 2. The van der Waals surface area contributed by atoms with Crippen LogP contribution in [0.3, 0.4) is 0 Å². The summed E-state index contributed by atoms with van der Waals surface area (Å²) >= 11 is 0. The van der Waals surface area contributed by atoms with Gasteiger partial charge < -0.3 is 4.74 Å². The van der Waals surface area contributed by atoms with Gasteiger partial charge in [-0.25, -0.2) is 23.2 Å². The van der Waals surface area contributed by atoms with E-state index in [0.29, 0.717) is 24.6 Å². The molecule has 0 saturated carbocycles. The summed E-state index contributed by atoms with van der Waals surface area (Å²) in [6, 6.07) is 1.71. The Morgan fingerprint density at radius 1 is 1.03 bits per heavy atom. The van der Waals surface area contributed by atoms with Crippen molar-refractivity contribution in [2.75, 3.05) is 17.2 Å². The Bertz CT molecular complexity index is 812. The smallest absolute Gasteiger partial charge is 0.416 e. The Hall–Kier alpha value is -1.70. The van der Waals surface area contributed by atoms with Crippen LogP contribution >= 0.6 is 0 Å². The van der Waals surface area contributed by atoms with Crippen LogP contribution in [0.1, 0.15) is 74.4 Å². The van der Waals surface area contributed by atoms with Crippen molar-refractivity contribution in [3.63, 3.8) is 0 Å². The highest BCUT2D eigenvalue weighted by atomic mass is 32.2. The van der Waals surface area contributed by atoms with Crippen molar-refractivity contribution in [3.05, 3.63) is 11.8 Å². The van der Waals surface area contributed by atoms with Crippen LogP contribution in [0.25, 0.3) is 0 Å². The predicted molar refractivity (Wildman–Crippen MR) is 120 cm³/mol. The van der Waals surface area contributed by atoms with E-state index in [2.05, 4.69) is 23.8 Å². The lowest BCUT2D eigenvalue weighted by Crippen LogP contribution is -2.39. The van der Waals surface area contributed by atoms with Crippen LogP contribution in [-0.2, 0) is 21.0 Å². The van der Waals surface area contributed by atoms with E-state index in [1.807, 2.05) is 27.7 Å². The second-order valence-electron chi connectivity index (χ2n) is 10.1. The summed E-state index contributed by atoms with van der Waals surface area (Å²) in [5, 5.41) is -0.218. The Balaban J connectivity index is 3.51. The molecular weight excluding hydrogens is 402 g/mol. The standard InChI is InChI=1S/C22H39N3O4S/c1-15(2)10-11-18-12-19(24-20(23-18)30(27,28)14-17(5)6)25(13-16(3)4)21(26)29-22(7,8)9/h12,15-17H,10-11,13-14H2,1-9H3. The molecule has 0 spiro atoms. The van der Waals surface area contributed by atoms with Crippen molar-refractivity contribution in [2.45, 2.75) is 85.9 Å². The molecule has 0 aliphatic rings. The maximum Gasteiger partial charge on any atom is 0.416 e. The minimum Gasteiger partial charge on any atom is -0.443 e. The Labute approximate surface area is 182 Å². The highest BCUT2D eigenvalue weighted by molar-refractivity contribution is 7.91. The van der Waals surface area contributed by atoms with Gasteiger partial charge in [-0.1, -0.05) is 41.5 Å². The number of carbonyl (C=O) groups excluding carboxylic acids is 1. The van der Waals surface area contributed by atoms with E-state index in [9.17, 15) is 13.2 Å². The van der Waals surface area contributed by atoms with Gasteiger partial charge in [0.2, 0.25) is 15.0 Å². The minimum atomic E-state index is -3.67. The molecule has 0 radical (unpaired) electrons. The van der Waals surface area contributed by atoms with Gasteiger partial charge in [0, 0.05) is 18.3 Å². The van der Waals surface area contributed by atoms with Crippen LogP contribution < -0.4 is 4.90 Å². The molecule has 0 atom stereocenters. The zero-order chi connectivity index (χ0) is 23.3. The largest absolute Gasteiger partial charge is 0.443 e. The number of hydrogen-bond donors (Lipinski definition) is 0. The minimum absolute atomic E-state index is 0.0449. The van der Waals surface area contributed by atoms with Gasteiger partial charge in [0.25, 0.3) is 0 Å². The van der Waals surface area contributed by atoms with E-state index < -0.39 is 21.5 Å². The maximum absolute atomic E-state index is 12.9. The first-order chi connectivity index (χ1) is 13.6. The first kappa shape index (κ1) is 26.3. The molecule has 0 N–H and O–H groups in total.